The summed E-state index contributed by atoms with van der Waals surface area (Å²) in [4.78, 5) is 11.7. The molecule has 124 valence electrons. The average molecular weight is 335 g/mol. The van der Waals surface area contributed by atoms with E-state index in [0.29, 0.717) is 0 Å². The molecular formula is C14H19F2NO4S. The third-order valence-corrected chi connectivity index (χ3v) is 3.48. The molecular weight excluding hydrogens is 316 g/mol. The van der Waals surface area contributed by atoms with E-state index in [9.17, 15) is 22.0 Å². The Morgan fingerprint density at radius 3 is 2.14 bits per heavy atom. The summed E-state index contributed by atoms with van der Waals surface area (Å²) in [5.41, 5.74) is -0.661. The molecule has 5 nitrogen and oxygen atoms in total. The van der Waals surface area contributed by atoms with Gasteiger partial charge in [-0.25, -0.2) is 8.78 Å². The van der Waals surface area contributed by atoms with E-state index in [2.05, 4.69) is 5.32 Å². The van der Waals surface area contributed by atoms with E-state index < -0.39 is 33.4 Å². The van der Waals surface area contributed by atoms with Gasteiger partial charge in [-0.15, -0.1) is 0 Å². The molecule has 22 heavy (non-hydrogen) atoms. The van der Waals surface area contributed by atoms with Crippen molar-refractivity contribution in [2.45, 2.75) is 27.2 Å². The standard InChI is InChI=1S/C14H19F2NO4S/c1-14(2,3)8-10-11(15)6-9(7-12(10)16)13(18)17-4-5-22(19,20)21/h6-7H,4-5,8H2,1-3H3,(H,17,18)(H,19,20,21). The molecule has 0 spiro atoms. The Bertz CT molecular complexity index is 643. The number of halogens is 2. The van der Waals surface area contributed by atoms with Crippen LogP contribution in [0.4, 0.5) is 8.78 Å². The van der Waals surface area contributed by atoms with E-state index in [0.717, 1.165) is 12.1 Å². The predicted octanol–water partition coefficient (Wildman–Crippen LogP) is 2.17. The molecule has 0 bridgehead atoms. The van der Waals surface area contributed by atoms with E-state index in [4.69, 9.17) is 4.55 Å². The quantitative estimate of drug-likeness (QED) is 0.808. The Morgan fingerprint density at radius 1 is 1.23 bits per heavy atom. The molecule has 0 heterocycles. The van der Waals surface area contributed by atoms with Gasteiger partial charge in [0.05, 0.1) is 5.75 Å². The van der Waals surface area contributed by atoms with Crippen LogP contribution in [0.5, 0.6) is 0 Å². The van der Waals surface area contributed by atoms with Crippen LogP contribution in [-0.2, 0) is 16.5 Å². The van der Waals surface area contributed by atoms with Gasteiger partial charge in [0, 0.05) is 17.7 Å². The van der Waals surface area contributed by atoms with Gasteiger partial charge < -0.3 is 5.32 Å². The molecule has 2 N–H and O–H groups in total. The lowest BCUT2D eigenvalue weighted by atomic mass is 9.87. The van der Waals surface area contributed by atoms with Crippen molar-refractivity contribution in [2.24, 2.45) is 5.41 Å². The first-order valence-electron chi connectivity index (χ1n) is 6.60. The Hall–Kier alpha value is -1.54. The second-order valence-electron chi connectivity index (χ2n) is 6.20. The van der Waals surface area contributed by atoms with Crippen molar-refractivity contribution in [1.82, 2.24) is 5.32 Å². The Morgan fingerprint density at radius 2 is 1.73 bits per heavy atom. The van der Waals surface area contributed by atoms with Gasteiger partial charge in [0.1, 0.15) is 11.6 Å². The number of nitrogens with one attached hydrogen (secondary N) is 1. The smallest absolute Gasteiger partial charge is 0.266 e. The number of hydrogen-bond donors (Lipinski definition) is 2. The first-order valence-corrected chi connectivity index (χ1v) is 8.21. The molecule has 0 fully saturated rings. The summed E-state index contributed by atoms with van der Waals surface area (Å²) >= 11 is 0. The number of rotatable bonds is 5. The van der Waals surface area contributed by atoms with Crippen LogP contribution in [0, 0.1) is 17.0 Å². The minimum atomic E-state index is -4.21. The third kappa shape index (κ3) is 6.07. The van der Waals surface area contributed by atoms with Crippen LogP contribution in [0.3, 0.4) is 0 Å². The fraction of sp³-hybridized carbons (Fsp3) is 0.500. The summed E-state index contributed by atoms with van der Waals surface area (Å²) in [7, 11) is -4.21. The second-order valence-corrected chi connectivity index (χ2v) is 7.77. The molecule has 1 rings (SSSR count). The highest BCUT2D eigenvalue weighted by molar-refractivity contribution is 7.85. The van der Waals surface area contributed by atoms with E-state index in [1.807, 2.05) is 20.8 Å². The lowest BCUT2D eigenvalue weighted by Gasteiger charge is -2.19. The van der Waals surface area contributed by atoms with Crippen LogP contribution in [-0.4, -0.2) is 31.2 Å². The minimum Gasteiger partial charge on any atom is -0.351 e. The topological polar surface area (TPSA) is 83.5 Å². The molecule has 1 amide bonds. The molecule has 0 saturated carbocycles. The zero-order valence-electron chi connectivity index (χ0n) is 12.6. The highest BCUT2D eigenvalue weighted by Gasteiger charge is 2.20. The summed E-state index contributed by atoms with van der Waals surface area (Å²) < 4.78 is 57.5. The van der Waals surface area contributed by atoms with Crippen LogP contribution in [0.25, 0.3) is 0 Å². The Kier molecular flexibility index (Phi) is 5.64. The molecule has 0 atom stereocenters. The number of amides is 1. The van der Waals surface area contributed by atoms with Gasteiger partial charge in [-0.1, -0.05) is 20.8 Å². The number of benzene rings is 1. The highest BCUT2D eigenvalue weighted by Crippen LogP contribution is 2.25. The van der Waals surface area contributed by atoms with Crippen molar-refractivity contribution >= 4 is 16.0 Å². The SMILES string of the molecule is CC(C)(C)Cc1c(F)cc(C(=O)NCCS(=O)(=O)O)cc1F. The lowest BCUT2D eigenvalue weighted by Crippen LogP contribution is -2.29. The second kappa shape index (κ2) is 6.70. The van der Waals surface area contributed by atoms with Gasteiger partial charge in [-0.2, -0.15) is 8.42 Å². The summed E-state index contributed by atoms with van der Waals surface area (Å²) in [5, 5.41) is 2.17. The Balaban J connectivity index is 2.87. The van der Waals surface area contributed by atoms with Gasteiger partial charge in [0.25, 0.3) is 16.0 Å². The Labute approximate surface area is 128 Å². The van der Waals surface area contributed by atoms with Crippen molar-refractivity contribution < 1.29 is 26.5 Å². The maximum Gasteiger partial charge on any atom is 0.266 e. The summed E-state index contributed by atoms with van der Waals surface area (Å²) in [5.74, 6) is -3.14. The van der Waals surface area contributed by atoms with Crippen molar-refractivity contribution in [3.63, 3.8) is 0 Å². The van der Waals surface area contributed by atoms with E-state index in [-0.39, 0.29) is 29.5 Å². The molecule has 0 saturated heterocycles. The predicted molar refractivity (Wildman–Crippen MR) is 78.3 cm³/mol. The number of carbonyl (C=O) groups excluding carboxylic acids is 1. The number of hydrogen-bond acceptors (Lipinski definition) is 3. The van der Waals surface area contributed by atoms with Crippen molar-refractivity contribution in [3.05, 3.63) is 34.9 Å². The van der Waals surface area contributed by atoms with Crippen LogP contribution in [0.15, 0.2) is 12.1 Å². The maximum absolute atomic E-state index is 14.0. The lowest BCUT2D eigenvalue weighted by molar-refractivity contribution is 0.0955. The number of carbonyl (C=O) groups is 1. The largest absolute Gasteiger partial charge is 0.351 e. The average Bonchev–Trinajstić information content (AvgIpc) is 2.30. The van der Waals surface area contributed by atoms with Crippen LogP contribution < -0.4 is 5.32 Å². The molecule has 0 aromatic heterocycles. The maximum atomic E-state index is 14.0. The van der Waals surface area contributed by atoms with E-state index in [1.54, 1.807) is 0 Å². The highest BCUT2D eigenvalue weighted by atomic mass is 32.2. The fourth-order valence-corrected chi connectivity index (χ4v) is 2.19. The van der Waals surface area contributed by atoms with Crippen molar-refractivity contribution in [2.75, 3.05) is 12.3 Å². The fourth-order valence-electron chi connectivity index (χ4n) is 1.83. The zero-order chi connectivity index (χ0) is 17.1. The molecule has 0 aliphatic heterocycles. The van der Waals surface area contributed by atoms with E-state index in [1.165, 1.54) is 0 Å². The van der Waals surface area contributed by atoms with Crippen LogP contribution >= 0.6 is 0 Å². The molecule has 0 unspecified atom stereocenters. The first kappa shape index (κ1) is 18.5. The summed E-state index contributed by atoms with van der Waals surface area (Å²) in [6.07, 6.45) is 0.176. The summed E-state index contributed by atoms with van der Waals surface area (Å²) in [6, 6.07) is 1.82. The van der Waals surface area contributed by atoms with Crippen LogP contribution in [0.2, 0.25) is 0 Å². The molecule has 0 radical (unpaired) electrons. The molecule has 1 aromatic carbocycles. The van der Waals surface area contributed by atoms with Gasteiger partial charge in [-0.05, 0) is 24.0 Å². The van der Waals surface area contributed by atoms with Crippen molar-refractivity contribution in [3.8, 4) is 0 Å². The normalized spacial score (nSPS) is 12.3. The zero-order valence-corrected chi connectivity index (χ0v) is 13.4. The molecule has 0 aliphatic rings. The monoisotopic (exact) mass is 335 g/mol. The van der Waals surface area contributed by atoms with Gasteiger partial charge >= 0.3 is 0 Å². The molecule has 0 aliphatic carbocycles. The molecule has 8 heteroatoms. The minimum absolute atomic E-state index is 0.0954. The van der Waals surface area contributed by atoms with Gasteiger partial charge in [0.2, 0.25) is 0 Å². The van der Waals surface area contributed by atoms with E-state index >= 15 is 0 Å². The van der Waals surface area contributed by atoms with Crippen LogP contribution in [0.1, 0.15) is 36.7 Å². The third-order valence-electron chi connectivity index (χ3n) is 2.76. The summed E-state index contributed by atoms with van der Waals surface area (Å²) in [6.45, 7) is 5.15. The van der Waals surface area contributed by atoms with Crippen molar-refractivity contribution in [1.29, 1.82) is 0 Å². The van der Waals surface area contributed by atoms with Gasteiger partial charge in [-0.3, -0.25) is 9.35 Å². The van der Waals surface area contributed by atoms with Gasteiger partial charge in [0.15, 0.2) is 0 Å². The first-order chi connectivity index (χ1) is 9.89. The molecule has 1 aromatic rings.